The van der Waals surface area contributed by atoms with Crippen LogP contribution in [0.3, 0.4) is 0 Å². The molecule has 1 unspecified atom stereocenters. The Morgan fingerprint density at radius 3 is 2.67 bits per heavy atom. The van der Waals surface area contributed by atoms with E-state index in [1.165, 1.54) is 16.5 Å². The maximum absolute atomic E-state index is 5.82. The summed E-state index contributed by atoms with van der Waals surface area (Å²) in [6.45, 7) is 7.06. The van der Waals surface area contributed by atoms with Crippen molar-refractivity contribution >= 4 is 21.7 Å². The molecule has 0 aromatic heterocycles. The standard InChI is InChI=1S/C12H17ClOS/c1-4-9(3)10-6-7-11(14-5-2)12(8-10)15-13/h6-9H,4-5H2,1-3H3. The van der Waals surface area contributed by atoms with E-state index >= 15 is 0 Å². The van der Waals surface area contributed by atoms with Gasteiger partial charge in [0.15, 0.2) is 0 Å². The van der Waals surface area contributed by atoms with Gasteiger partial charge in [-0.2, -0.15) is 0 Å². The van der Waals surface area contributed by atoms with Crippen molar-refractivity contribution in [2.24, 2.45) is 0 Å². The SMILES string of the molecule is CCOc1ccc(C(C)CC)cc1SCl. The topological polar surface area (TPSA) is 9.23 Å². The van der Waals surface area contributed by atoms with E-state index < -0.39 is 0 Å². The number of ether oxygens (including phenoxy) is 1. The maximum atomic E-state index is 5.82. The zero-order valence-corrected chi connectivity index (χ0v) is 11.0. The average molecular weight is 245 g/mol. The molecule has 0 bridgehead atoms. The molecule has 0 saturated heterocycles. The summed E-state index contributed by atoms with van der Waals surface area (Å²) in [5.41, 5.74) is 1.32. The lowest BCUT2D eigenvalue weighted by molar-refractivity contribution is 0.332. The Hall–Kier alpha value is -0.340. The highest BCUT2D eigenvalue weighted by Crippen LogP contribution is 2.35. The summed E-state index contributed by atoms with van der Waals surface area (Å²) in [6.07, 6.45) is 1.14. The highest BCUT2D eigenvalue weighted by molar-refractivity contribution is 8.21. The van der Waals surface area contributed by atoms with E-state index in [1.807, 2.05) is 13.0 Å². The van der Waals surface area contributed by atoms with Crippen LogP contribution in [0.15, 0.2) is 23.1 Å². The van der Waals surface area contributed by atoms with Crippen LogP contribution in [0.4, 0.5) is 0 Å². The summed E-state index contributed by atoms with van der Waals surface area (Å²) in [5.74, 6) is 1.45. The molecule has 15 heavy (non-hydrogen) atoms. The first-order chi connectivity index (χ1) is 7.22. The van der Waals surface area contributed by atoms with Gasteiger partial charge < -0.3 is 4.74 Å². The van der Waals surface area contributed by atoms with E-state index in [4.69, 9.17) is 15.4 Å². The van der Waals surface area contributed by atoms with Gasteiger partial charge in [-0.3, -0.25) is 0 Å². The third-order valence-corrected chi connectivity index (χ3v) is 3.52. The van der Waals surface area contributed by atoms with Crippen molar-refractivity contribution in [3.8, 4) is 5.75 Å². The van der Waals surface area contributed by atoms with Gasteiger partial charge in [0, 0.05) is 0 Å². The minimum absolute atomic E-state index is 0.572. The Bertz CT molecular complexity index is 314. The zero-order chi connectivity index (χ0) is 11.3. The predicted molar refractivity (Wildman–Crippen MR) is 68.0 cm³/mol. The molecule has 1 aromatic rings. The van der Waals surface area contributed by atoms with E-state index in [9.17, 15) is 0 Å². The fraction of sp³-hybridized carbons (Fsp3) is 0.500. The summed E-state index contributed by atoms with van der Waals surface area (Å²) in [4.78, 5) is 1.01. The van der Waals surface area contributed by atoms with Gasteiger partial charge in [-0.15, -0.1) is 0 Å². The second kappa shape index (κ2) is 6.29. The number of hydrogen-bond acceptors (Lipinski definition) is 2. The highest BCUT2D eigenvalue weighted by Gasteiger charge is 2.08. The van der Waals surface area contributed by atoms with E-state index in [0.29, 0.717) is 12.5 Å². The smallest absolute Gasteiger partial charge is 0.134 e. The van der Waals surface area contributed by atoms with Gasteiger partial charge in [-0.1, -0.05) is 19.9 Å². The summed E-state index contributed by atoms with van der Waals surface area (Å²) in [6, 6.07) is 6.25. The second-order valence-electron chi connectivity index (χ2n) is 3.53. The molecule has 0 amide bonds. The predicted octanol–water partition coefficient (Wildman–Crippen LogP) is 4.84. The van der Waals surface area contributed by atoms with E-state index in [2.05, 4.69) is 26.0 Å². The molecule has 1 nitrogen and oxygen atoms in total. The van der Waals surface area contributed by atoms with Crippen LogP contribution in [0.1, 0.15) is 38.7 Å². The Labute approximate surface area is 101 Å². The fourth-order valence-electron chi connectivity index (χ4n) is 1.40. The van der Waals surface area contributed by atoms with Crippen LogP contribution >= 0.6 is 21.7 Å². The van der Waals surface area contributed by atoms with Crippen molar-refractivity contribution in [1.29, 1.82) is 0 Å². The van der Waals surface area contributed by atoms with E-state index in [-0.39, 0.29) is 0 Å². The number of hydrogen-bond donors (Lipinski definition) is 0. The summed E-state index contributed by atoms with van der Waals surface area (Å²) in [7, 11) is 7.05. The molecular weight excluding hydrogens is 228 g/mol. The molecule has 0 fully saturated rings. The zero-order valence-electron chi connectivity index (χ0n) is 9.42. The lowest BCUT2D eigenvalue weighted by Crippen LogP contribution is -1.96. The molecule has 1 aromatic carbocycles. The van der Waals surface area contributed by atoms with Crippen molar-refractivity contribution in [2.45, 2.75) is 38.0 Å². The number of halogens is 1. The molecule has 0 aliphatic carbocycles. The van der Waals surface area contributed by atoms with Crippen LogP contribution in [-0.4, -0.2) is 6.61 Å². The van der Waals surface area contributed by atoms with Crippen molar-refractivity contribution in [3.05, 3.63) is 23.8 Å². The van der Waals surface area contributed by atoms with Crippen LogP contribution < -0.4 is 4.74 Å². The highest BCUT2D eigenvalue weighted by atomic mass is 35.7. The minimum Gasteiger partial charge on any atom is -0.493 e. The van der Waals surface area contributed by atoms with Gasteiger partial charge in [-0.25, -0.2) is 0 Å². The molecule has 84 valence electrons. The van der Waals surface area contributed by atoms with Crippen molar-refractivity contribution < 1.29 is 4.74 Å². The summed E-state index contributed by atoms with van der Waals surface area (Å²) >= 11 is 0. The Balaban J connectivity index is 2.96. The normalized spacial score (nSPS) is 12.5. The van der Waals surface area contributed by atoms with Gasteiger partial charge in [0.2, 0.25) is 0 Å². The largest absolute Gasteiger partial charge is 0.493 e. The lowest BCUT2D eigenvalue weighted by Gasteiger charge is -2.13. The second-order valence-corrected chi connectivity index (χ2v) is 4.58. The fourth-order valence-corrected chi connectivity index (χ4v) is 2.15. The Morgan fingerprint density at radius 2 is 2.13 bits per heavy atom. The number of benzene rings is 1. The van der Waals surface area contributed by atoms with Crippen LogP contribution in [0.5, 0.6) is 5.75 Å². The lowest BCUT2D eigenvalue weighted by atomic mass is 9.99. The van der Waals surface area contributed by atoms with Crippen LogP contribution in [0.25, 0.3) is 0 Å². The summed E-state index contributed by atoms with van der Waals surface area (Å²) in [5, 5.41) is 0. The number of rotatable bonds is 5. The first-order valence-electron chi connectivity index (χ1n) is 5.28. The molecule has 0 spiro atoms. The average Bonchev–Trinajstić information content (AvgIpc) is 2.29. The first-order valence-corrected chi connectivity index (χ1v) is 6.92. The van der Waals surface area contributed by atoms with Gasteiger partial charge in [0.05, 0.1) is 11.5 Å². The molecule has 3 heteroatoms. The Morgan fingerprint density at radius 1 is 1.40 bits per heavy atom. The van der Waals surface area contributed by atoms with Gasteiger partial charge in [-0.05, 0) is 58.6 Å². The molecule has 0 heterocycles. The molecule has 0 N–H and O–H groups in total. The molecule has 1 atom stereocenters. The van der Waals surface area contributed by atoms with Crippen molar-refractivity contribution in [3.63, 3.8) is 0 Å². The third kappa shape index (κ3) is 3.32. The maximum Gasteiger partial charge on any atom is 0.134 e. The van der Waals surface area contributed by atoms with Crippen molar-refractivity contribution in [1.82, 2.24) is 0 Å². The molecule has 0 saturated carbocycles. The monoisotopic (exact) mass is 244 g/mol. The van der Waals surface area contributed by atoms with Crippen molar-refractivity contribution in [2.75, 3.05) is 6.61 Å². The van der Waals surface area contributed by atoms with Crippen LogP contribution in [0, 0.1) is 0 Å². The Kier molecular flexibility index (Phi) is 5.34. The summed E-state index contributed by atoms with van der Waals surface area (Å²) < 4.78 is 5.49. The molecule has 1 rings (SSSR count). The van der Waals surface area contributed by atoms with Crippen LogP contribution in [0.2, 0.25) is 0 Å². The van der Waals surface area contributed by atoms with Gasteiger partial charge in [0.25, 0.3) is 0 Å². The quantitative estimate of drug-likeness (QED) is 0.733. The van der Waals surface area contributed by atoms with Gasteiger partial charge in [0.1, 0.15) is 5.75 Å². The molecule has 0 aliphatic heterocycles. The van der Waals surface area contributed by atoms with Gasteiger partial charge >= 0.3 is 0 Å². The van der Waals surface area contributed by atoms with E-state index in [0.717, 1.165) is 17.1 Å². The third-order valence-electron chi connectivity index (χ3n) is 2.53. The molecule has 0 radical (unpaired) electrons. The molecule has 0 aliphatic rings. The first kappa shape index (κ1) is 12.7. The van der Waals surface area contributed by atoms with E-state index in [1.54, 1.807) is 0 Å². The minimum atomic E-state index is 0.572. The molecular formula is C12H17ClOS. The van der Waals surface area contributed by atoms with Crippen LogP contribution in [-0.2, 0) is 0 Å².